The van der Waals surface area contributed by atoms with Gasteiger partial charge >= 0.3 is 5.97 Å². The number of rotatable bonds is 5. The van der Waals surface area contributed by atoms with Gasteiger partial charge in [0.25, 0.3) is 0 Å². The molecular formula is C16H17N3O4. The maximum atomic E-state index is 11.7. The zero-order chi connectivity index (χ0) is 16.4. The fourth-order valence-corrected chi connectivity index (χ4v) is 2.62. The van der Waals surface area contributed by atoms with Gasteiger partial charge in [-0.25, -0.2) is 5.43 Å². The predicted octanol–water partition coefficient (Wildman–Crippen LogP) is 1.05. The number of ether oxygens (including phenoxy) is 1. The maximum absolute atomic E-state index is 11.7. The molecule has 2 N–H and O–H groups in total. The summed E-state index contributed by atoms with van der Waals surface area (Å²) in [4.78, 5) is 34.4. The molecule has 2 amide bonds. The minimum Gasteiger partial charge on any atom is -0.466 e. The summed E-state index contributed by atoms with van der Waals surface area (Å²) >= 11 is 0. The Hall–Kier alpha value is -2.70. The number of anilines is 1. The molecule has 2 atom stereocenters. The third-order valence-electron chi connectivity index (χ3n) is 3.84. The van der Waals surface area contributed by atoms with Crippen molar-refractivity contribution < 1.29 is 19.1 Å². The predicted molar refractivity (Wildman–Crippen MR) is 82.6 cm³/mol. The monoisotopic (exact) mass is 315 g/mol. The van der Waals surface area contributed by atoms with Gasteiger partial charge in [0.05, 0.1) is 12.3 Å². The van der Waals surface area contributed by atoms with Gasteiger partial charge in [0.2, 0.25) is 11.8 Å². The van der Waals surface area contributed by atoms with Crippen molar-refractivity contribution >= 4 is 29.2 Å². The van der Waals surface area contributed by atoms with Crippen LogP contribution in [0.1, 0.15) is 25.3 Å². The molecule has 120 valence electrons. The van der Waals surface area contributed by atoms with Crippen LogP contribution in [0.3, 0.4) is 0 Å². The average molecular weight is 315 g/mol. The second-order valence-electron chi connectivity index (χ2n) is 5.53. The molecule has 2 unspecified atom stereocenters. The molecular weight excluding hydrogens is 298 g/mol. The quantitative estimate of drug-likeness (QED) is 0.627. The van der Waals surface area contributed by atoms with E-state index in [0.29, 0.717) is 5.69 Å². The molecule has 1 aromatic rings. The number of benzene rings is 1. The fourth-order valence-electron chi connectivity index (χ4n) is 2.62. The van der Waals surface area contributed by atoms with Crippen LogP contribution in [0.4, 0.5) is 5.69 Å². The van der Waals surface area contributed by atoms with Crippen molar-refractivity contribution in [2.45, 2.75) is 19.8 Å². The molecule has 0 spiro atoms. The first-order valence-electron chi connectivity index (χ1n) is 7.52. The summed E-state index contributed by atoms with van der Waals surface area (Å²) in [5.74, 6) is -0.726. The number of fused-ring (bicyclic) bond motifs is 1. The SMILES string of the molecule is CCOC(=O)CC(=O)Nc1ccc(C2=NNC(=O)C3CC23)cc1. The zero-order valence-electron chi connectivity index (χ0n) is 12.7. The molecule has 3 rings (SSSR count). The van der Waals surface area contributed by atoms with Gasteiger partial charge in [-0.05, 0) is 31.0 Å². The summed E-state index contributed by atoms with van der Waals surface area (Å²) in [5, 5.41) is 6.76. The van der Waals surface area contributed by atoms with Gasteiger partial charge in [0, 0.05) is 17.5 Å². The van der Waals surface area contributed by atoms with Crippen molar-refractivity contribution in [1.29, 1.82) is 0 Å². The lowest BCUT2D eigenvalue weighted by Crippen LogP contribution is -2.28. The van der Waals surface area contributed by atoms with Gasteiger partial charge in [-0.15, -0.1) is 0 Å². The molecule has 2 aliphatic rings. The highest BCUT2D eigenvalue weighted by Crippen LogP contribution is 2.43. The van der Waals surface area contributed by atoms with Gasteiger partial charge in [0.15, 0.2) is 0 Å². The molecule has 1 fully saturated rings. The van der Waals surface area contributed by atoms with Crippen LogP contribution in [0.15, 0.2) is 29.4 Å². The Morgan fingerprint density at radius 1 is 1.30 bits per heavy atom. The number of hydrazone groups is 1. The lowest BCUT2D eigenvalue weighted by molar-refractivity contribution is -0.145. The van der Waals surface area contributed by atoms with Crippen LogP contribution in [-0.4, -0.2) is 30.1 Å². The molecule has 7 heteroatoms. The van der Waals surface area contributed by atoms with E-state index in [4.69, 9.17) is 4.74 Å². The Morgan fingerprint density at radius 2 is 2.04 bits per heavy atom. The molecule has 23 heavy (non-hydrogen) atoms. The van der Waals surface area contributed by atoms with Crippen LogP contribution < -0.4 is 10.7 Å². The van der Waals surface area contributed by atoms with Crippen molar-refractivity contribution in [3.05, 3.63) is 29.8 Å². The lowest BCUT2D eigenvalue weighted by Gasteiger charge is -2.12. The number of amides is 2. The van der Waals surface area contributed by atoms with Crippen LogP contribution in [0, 0.1) is 11.8 Å². The van der Waals surface area contributed by atoms with Crippen molar-refractivity contribution in [2.24, 2.45) is 16.9 Å². The van der Waals surface area contributed by atoms with E-state index in [1.807, 2.05) is 12.1 Å². The van der Waals surface area contributed by atoms with E-state index in [9.17, 15) is 14.4 Å². The zero-order valence-corrected chi connectivity index (χ0v) is 12.7. The van der Waals surface area contributed by atoms with Crippen molar-refractivity contribution in [2.75, 3.05) is 11.9 Å². The van der Waals surface area contributed by atoms with Crippen LogP contribution in [0.25, 0.3) is 0 Å². The van der Waals surface area contributed by atoms with Gasteiger partial charge in [-0.1, -0.05) is 12.1 Å². The minimum atomic E-state index is -0.548. The Balaban J connectivity index is 1.61. The van der Waals surface area contributed by atoms with Gasteiger partial charge in [-0.3, -0.25) is 14.4 Å². The summed E-state index contributed by atoms with van der Waals surface area (Å²) in [6, 6.07) is 7.17. The van der Waals surface area contributed by atoms with E-state index >= 15 is 0 Å². The molecule has 1 aliphatic heterocycles. The molecule has 0 bridgehead atoms. The van der Waals surface area contributed by atoms with E-state index in [0.717, 1.165) is 17.7 Å². The Kier molecular flexibility index (Phi) is 4.10. The average Bonchev–Trinajstić information content (AvgIpc) is 3.30. The molecule has 0 saturated heterocycles. The Labute approximate surface area is 133 Å². The van der Waals surface area contributed by atoms with Crippen LogP contribution in [0.2, 0.25) is 0 Å². The van der Waals surface area contributed by atoms with E-state index in [2.05, 4.69) is 15.8 Å². The first-order chi connectivity index (χ1) is 11.1. The van der Waals surface area contributed by atoms with Crippen molar-refractivity contribution in [3.63, 3.8) is 0 Å². The second kappa shape index (κ2) is 6.20. The minimum absolute atomic E-state index is 0.0124. The fraction of sp³-hybridized carbons (Fsp3) is 0.375. The van der Waals surface area contributed by atoms with E-state index in [1.54, 1.807) is 19.1 Å². The summed E-state index contributed by atoms with van der Waals surface area (Å²) < 4.78 is 4.72. The number of carbonyl (C=O) groups is 3. The first kappa shape index (κ1) is 15.2. The highest BCUT2D eigenvalue weighted by atomic mass is 16.5. The van der Waals surface area contributed by atoms with E-state index in [1.165, 1.54) is 0 Å². The normalized spacial score (nSPS) is 21.6. The molecule has 0 radical (unpaired) electrons. The van der Waals surface area contributed by atoms with E-state index in [-0.39, 0.29) is 30.8 Å². The topological polar surface area (TPSA) is 96.9 Å². The summed E-state index contributed by atoms with van der Waals surface area (Å²) in [6.07, 6.45) is 0.529. The van der Waals surface area contributed by atoms with Gasteiger partial charge in [-0.2, -0.15) is 5.10 Å². The van der Waals surface area contributed by atoms with Crippen LogP contribution in [-0.2, 0) is 19.1 Å². The summed E-state index contributed by atoms with van der Waals surface area (Å²) in [7, 11) is 0. The summed E-state index contributed by atoms with van der Waals surface area (Å²) in [5.41, 5.74) is 4.92. The molecule has 1 heterocycles. The molecule has 7 nitrogen and oxygen atoms in total. The highest BCUT2D eigenvalue weighted by Gasteiger charge is 2.49. The van der Waals surface area contributed by atoms with Gasteiger partial charge < -0.3 is 10.1 Å². The number of esters is 1. The Morgan fingerprint density at radius 3 is 2.74 bits per heavy atom. The van der Waals surface area contributed by atoms with Crippen molar-refractivity contribution in [3.8, 4) is 0 Å². The lowest BCUT2D eigenvalue weighted by atomic mass is 10.0. The number of hydrogen-bond donors (Lipinski definition) is 2. The standard InChI is InChI=1S/C16H17N3O4/c1-2-23-14(21)8-13(20)17-10-5-3-9(4-6-10)15-11-7-12(11)16(22)19-18-15/h3-6,11-12H,2,7-8H2,1H3,(H,17,20)(H,19,22). The van der Waals surface area contributed by atoms with Crippen molar-refractivity contribution in [1.82, 2.24) is 5.43 Å². The summed E-state index contributed by atoms with van der Waals surface area (Å²) in [6.45, 7) is 1.94. The highest BCUT2D eigenvalue weighted by molar-refractivity contribution is 6.09. The molecule has 1 saturated carbocycles. The van der Waals surface area contributed by atoms with Gasteiger partial charge in [0.1, 0.15) is 6.42 Å². The number of hydrogen-bond acceptors (Lipinski definition) is 5. The number of carbonyl (C=O) groups excluding carboxylic acids is 3. The van der Waals surface area contributed by atoms with Crippen LogP contribution >= 0.6 is 0 Å². The molecule has 0 aromatic heterocycles. The van der Waals surface area contributed by atoms with E-state index < -0.39 is 11.9 Å². The number of nitrogens with one attached hydrogen (secondary N) is 2. The molecule has 1 aliphatic carbocycles. The second-order valence-corrected chi connectivity index (χ2v) is 5.53. The third kappa shape index (κ3) is 3.39. The third-order valence-corrected chi connectivity index (χ3v) is 3.84. The number of nitrogens with zero attached hydrogens (tertiary/aromatic N) is 1. The largest absolute Gasteiger partial charge is 0.466 e. The molecule has 1 aromatic carbocycles. The van der Waals surface area contributed by atoms with Crippen LogP contribution in [0.5, 0.6) is 0 Å². The Bertz CT molecular complexity index is 681. The smallest absolute Gasteiger partial charge is 0.315 e. The maximum Gasteiger partial charge on any atom is 0.315 e. The first-order valence-corrected chi connectivity index (χ1v) is 7.52.